The van der Waals surface area contributed by atoms with Gasteiger partial charge < -0.3 is 9.80 Å². The molecule has 2 saturated heterocycles. The monoisotopic (exact) mass is 421 g/mol. The van der Waals surface area contributed by atoms with Gasteiger partial charge in [0.1, 0.15) is 5.82 Å². The lowest BCUT2D eigenvalue weighted by atomic mass is 9.94. The van der Waals surface area contributed by atoms with Crippen LogP contribution in [-0.4, -0.2) is 55.8 Å². The Morgan fingerprint density at radius 1 is 0.935 bits per heavy atom. The molecule has 3 aromatic rings. The predicted octanol–water partition coefficient (Wildman–Crippen LogP) is 3.08. The minimum absolute atomic E-state index is 0.0659. The number of pyridine rings is 1. The van der Waals surface area contributed by atoms with Crippen molar-refractivity contribution in [1.29, 1.82) is 0 Å². The third kappa shape index (κ3) is 3.66. The predicted molar refractivity (Wildman–Crippen MR) is 112 cm³/mol. The Morgan fingerprint density at radius 3 is 2.48 bits per heavy atom. The molecule has 0 bridgehead atoms. The summed E-state index contributed by atoms with van der Waals surface area (Å²) >= 11 is 0. The highest BCUT2D eigenvalue weighted by molar-refractivity contribution is 5.94. The number of likely N-dealkylation sites (tertiary alicyclic amines) is 2. The van der Waals surface area contributed by atoms with Gasteiger partial charge in [-0.2, -0.15) is 0 Å². The fourth-order valence-electron chi connectivity index (χ4n) is 4.73. The van der Waals surface area contributed by atoms with E-state index in [4.69, 9.17) is 0 Å². The average molecular weight is 421 g/mol. The van der Waals surface area contributed by atoms with E-state index in [1.165, 1.54) is 24.3 Å². The van der Waals surface area contributed by atoms with E-state index in [-0.39, 0.29) is 29.6 Å². The molecule has 2 fully saturated rings. The van der Waals surface area contributed by atoms with Crippen molar-refractivity contribution in [3.8, 4) is 0 Å². The Hall–Kier alpha value is -3.29. The standard InChI is InChI=1S/C23H24FN5O2/c24-18-8-6-16(7-9-18)22(30)27-14-10-17(11-15-27)23(31)28-13-3-4-19(28)21-26-25-20-5-1-2-12-29(20)21/h1-2,5-9,12,17,19H,3-4,10-11,13-15H2. The number of nitrogens with zero attached hydrogens (tertiary/aromatic N) is 5. The summed E-state index contributed by atoms with van der Waals surface area (Å²) in [5, 5.41) is 8.61. The van der Waals surface area contributed by atoms with Crippen molar-refractivity contribution in [3.05, 3.63) is 65.9 Å². The van der Waals surface area contributed by atoms with Crippen LogP contribution in [-0.2, 0) is 4.79 Å². The van der Waals surface area contributed by atoms with Crippen molar-refractivity contribution in [2.45, 2.75) is 31.7 Å². The lowest BCUT2D eigenvalue weighted by Crippen LogP contribution is -2.44. The number of halogens is 1. The van der Waals surface area contributed by atoms with E-state index in [0.717, 1.165) is 30.9 Å². The zero-order valence-corrected chi connectivity index (χ0v) is 17.2. The van der Waals surface area contributed by atoms with Gasteiger partial charge in [-0.05, 0) is 62.1 Å². The van der Waals surface area contributed by atoms with Gasteiger partial charge in [0.15, 0.2) is 11.5 Å². The molecule has 2 amide bonds. The van der Waals surface area contributed by atoms with Crippen molar-refractivity contribution in [2.75, 3.05) is 19.6 Å². The molecule has 1 aromatic carbocycles. The lowest BCUT2D eigenvalue weighted by Gasteiger charge is -2.34. The van der Waals surface area contributed by atoms with Crippen molar-refractivity contribution < 1.29 is 14.0 Å². The molecule has 5 rings (SSSR count). The normalized spacial score (nSPS) is 19.8. The van der Waals surface area contributed by atoms with E-state index < -0.39 is 0 Å². The number of carbonyl (C=O) groups is 2. The first-order valence-corrected chi connectivity index (χ1v) is 10.8. The summed E-state index contributed by atoms with van der Waals surface area (Å²) in [5.74, 6) is 0.382. The molecule has 4 heterocycles. The quantitative estimate of drug-likeness (QED) is 0.652. The van der Waals surface area contributed by atoms with E-state index in [1.54, 1.807) is 4.90 Å². The largest absolute Gasteiger partial charge is 0.339 e. The topological polar surface area (TPSA) is 70.8 Å². The highest BCUT2D eigenvalue weighted by Crippen LogP contribution is 2.34. The lowest BCUT2D eigenvalue weighted by molar-refractivity contribution is -0.138. The fraction of sp³-hybridized carbons (Fsp3) is 0.391. The zero-order chi connectivity index (χ0) is 21.4. The SMILES string of the molecule is O=C(c1ccc(F)cc1)N1CCC(C(=O)N2CCCC2c2nnc3ccccn23)CC1. The average Bonchev–Trinajstić information content (AvgIpc) is 3.45. The molecule has 8 heteroatoms. The molecule has 0 radical (unpaired) electrons. The highest BCUT2D eigenvalue weighted by Gasteiger charge is 2.38. The molecule has 160 valence electrons. The Kier molecular flexibility index (Phi) is 5.13. The Balaban J connectivity index is 1.25. The zero-order valence-electron chi connectivity index (χ0n) is 17.2. The van der Waals surface area contributed by atoms with Crippen LogP contribution in [0, 0.1) is 11.7 Å². The second-order valence-corrected chi connectivity index (χ2v) is 8.25. The highest BCUT2D eigenvalue weighted by atomic mass is 19.1. The van der Waals surface area contributed by atoms with Gasteiger partial charge in [0.25, 0.3) is 5.91 Å². The summed E-state index contributed by atoms with van der Waals surface area (Å²) in [6.07, 6.45) is 5.03. The molecule has 31 heavy (non-hydrogen) atoms. The van der Waals surface area contributed by atoms with Gasteiger partial charge in [-0.3, -0.25) is 14.0 Å². The number of benzene rings is 1. The van der Waals surface area contributed by atoms with Crippen LogP contribution >= 0.6 is 0 Å². The second-order valence-electron chi connectivity index (χ2n) is 8.25. The van der Waals surface area contributed by atoms with E-state index in [1.807, 2.05) is 33.7 Å². The van der Waals surface area contributed by atoms with Gasteiger partial charge in [-0.1, -0.05) is 6.07 Å². The van der Waals surface area contributed by atoms with Crippen LogP contribution in [0.1, 0.15) is 47.9 Å². The van der Waals surface area contributed by atoms with E-state index in [2.05, 4.69) is 10.2 Å². The summed E-state index contributed by atoms with van der Waals surface area (Å²) in [6.45, 7) is 1.78. The van der Waals surface area contributed by atoms with Crippen molar-refractivity contribution in [2.24, 2.45) is 5.92 Å². The van der Waals surface area contributed by atoms with Crippen LogP contribution in [0.15, 0.2) is 48.7 Å². The molecular weight excluding hydrogens is 397 g/mol. The number of aromatic nitrogens is 3. The van der Waals surface area contributed by atoms with Gasteiger partial charge in [0, 0.05) is 37.3 Å². The molecule has 2 aromatic heterocycles. The van der Waals surface area contributed by atoms with Gasteiger partial charge >= 0.3 is 0 Å². The number of hydrogen-bond donors (Lipinski definition) is 0. The van der Waals surface area contributed by atoms with Crippen LogP contribution in [0.3, 0.4) is 0 Å². The molecule has 1 unspecified atom stereocenters. The Morgan fingerprint density at radius 2 is 1.71 bits per heavy atom. The fourth-order valence-corrected chi connectivity index (χ4v) is 4.73. The summed E-state index contributed by atoms with van der Waals surface area (Å²) in [7, 11) is 0. The van der Waals surface area contributed by atoms with Crippen LogP contribution in [0.4, 0.5) is 4.39 Å². The van der Waals surface area contributed by atoms with Crippen LogP contribution in [0.25, 0.3) is 5.65 Å². The van der Waals surface area contributed by atoms with Gasteiger partial charge in [-0.15, -0.1) is 10.2 Å². The summed E-state index contributed by atoms with van der Waals surface area (Å²) < 4.78 is 15.1. The molecule has 1 atom stereocenters. The van der Waals surface area contributed by atoms with Crippen LogP contribution < -0.4 is 0 Å². The molecule has 0 spiro atoms. The molecule has 0 N–H and O–H groups in total. The Labute approximate surface area is 179 Å². The third-order valence-electron chi connectivity index (χ3n) is 6.40. The number of hydrogen-bond acceptors (Lipinski definition) is 4. The molecular formula is C23H24FN5O2. The molecule has 2 aliphatic rings. The minimum atomic E-state index is -0.360. The molecule has 7 nitrogen and oxygen atoms in total. The van der Waals surface area contributed by atoms with Gasteiger partial charge in [0.05, 0.1) is 6.04 Å². The number of rotatable bonds is 3. The third-order valence-corrected chi connectivity index (χ3v) is 6.40. The van der Waals surface area contributed by atoms with Gasteiger partial charge in [-0.25, -0.2) is 4.39 Å². The number of fused-ring (bicyclic) bond motifs is 1. The summed E-state index contributed by atoms with van der Waals surface area (Å²) in [4.78, 5) is 29.7. The van der Waals surface area contributed by atoms with E-state index in [0.29, 0.717) is 31.5 Å². The Bertz CT molecular complexity index is 1100. The molecule has 2 aliphatic heterocycles. The van der Waals surface area contributed by atoms with Crippen molar-refractivity contribution >= 4 is 17.5 Å². The van der Waals surface area contributed by atoms with Crippen molar-refractivity contribution in [3.63, 3.8) is 0 Å². The summed E-state index contributed by atoms with van der Waals surface area (Å²) in [6, 6.07) is 11.3. The first kappa shape index (κ1) is 19.7. The first-order valence-electron chi connectivity index (χ1n) is 10.8. The van der Waals surface area contributed by atoms with Gasteiger partial charge in [0.2, 0.25) is 5.91 Å². The van der Waals surface area contributed by atoms with Crippen LogP contribution in [0.2, 0.25) is 0 Å². The minimum Gasteiger partial charge on any atom is -0.339 e. The maximum atomic E-state index is 13.3. The maximum absolute atomic E-state index is 13.3. The summed E-state index contributed by atoms with van der Waals surface area (Å²) in [5.41, 5.74) is 1.26. The number of piperidine rings is 1. The van der Waals surface area contributed by atoms with Crippen LogP contribution in [0.5, 0.6) is 0 Å². The molecule has 0 aliphatic carbocycles. The smallest absolute Gasteiger partial charge is 0.253 e. The van der Waals surface area contributed by atoms with Crippen molar-refractivity contribution in [1.82, 2.24) is 24.4 Å². The maximum Gasteiger partial charge on any atom is 0.253 e. The van der Waals surface area contributed by atoms with E-state index >= 15 is 0 Å². The number of amides is 2. The number of carbonyl (C=O) groups excluding carboxylic acids is 2. The molecule has 0 saturated carbocycles. The van der Waals surface area contributed by atoms with E-state index in [9.17, 15) is 14.0 Å². The second kappa shape index (κ2) is 8.09. The first-order chi connectivity index (χ1) is 15.1.